The molecule has 2 atom stereocenters. The summed E-state index contributed by atoms with van der Waals surface area (Å²) in [5.41, 5.74) is 0.321. The number of anilines is 1. The zero-order valence-electron chi connectivity index (χ0n) is 26.4. The van der Waals surface area contributed by atoms with Gasteiger partial charge in [0.1, 0.15) is 35.0 Å². The fourth-order valence-corrected chi connectivity index (χ4v) is 5.87. The van der Waals surface area contributed by atoms with Gasteiger partial charge in [-0.1, -0.05) is 36.4 Å². The van der Waals surface area contributed by atoms with Gasteiger partial charge in [-0.3, -0.25) is 9.59 Å². The van der Waals surface area contributed by atoms with Crippen LogP contribution in [0.5, 0.6) is 5.75 Å². The van der Waals surface area contributed by atoms with E-state index in [0.29, 0.717) is 51.0 Å². The van der Waals surface area contributed by atoms with E-state index in [1.165, 1.54) is 11.7 Å². The molecule has 9 nitrogen and oxygen atoms in total. The van der Waals surface area contributed by atoms with Crippen LogP contribution in [0.4, 0.5) is 27.6 Å². The van der Waals surface area contributed by atoms with Crippen LogP contribution in [-0.4, -0.2) is 68.7 Å². The van der Waals surface area contributed by atoms with E-state index in [2.05, 4.69) is 5.32 Å². The van der Waals surface area contributed by atoms with Gasteiger partial charge in [0.25, 0.3) is 11.5 Å². The normalized spacial score (nSPS) is 15.7. The van der Waals surface area contributed by atoms with Crippen LogP contribution in [0.25, 0.3) is 21.9 Å². The molecule has 14 heteroatoms. The first-order valence-corrected chi connectivity index (χ1v) is 14.8. The number of hydrogen-bond donors (Lipinski definition) is 1. The number of alkyl halides is 3. The van der Waals surface area contributed by atoms with E-state index < -0.39 is 59.6 Å². The summed E-state index contributed by atoms with van der Waals surface area (Å²) in [4.78, 5) is 40.2. The summed E-state index contributed by atoms with van der Waals surface area (Å²) in [6, 6.07) is 9.86. The molecule has 2 heterocycles. The first-order valence-electron chi connectivity index (χ1n) is 14.8. The molecule has 0 spiro atoms. The molecule has 1 saturated heterocycles. The van der Waals surface area contributed by atoms with Crippen LogP contribution >= 0.6 is 0 Å². The minimum Gasteiger partial charge on any atom is -0.496 e. The quantitative estimate of drug-likeness (QED) is 0.206. The highest BCUT2D eigenvalue weighted by molar-refractivity contribution is 6.01. The number of methoxy groups -OCH3 is 2. The standard InChI is InChI=1S/C34H32F5N3O6/c1-18-13-27(46-3)29(32(44)41(18)2)23-10-9-19(21-7-5-6-8-22(21)23)14-26(33(45)47-4)40-31(43)30-24(35)15-20(16-25(30)36)42-11-12-48-17-28(42)34(37,38)39/h5-10,13,15-16,26,28H,11-12,14,17H2,1-4H3,(H,40,43)/t26-,28+/m0/s1. The fourth-order valence-electron chi connectivity index (χ4n) is 5.87. The summed E-state index contributed by atoms with van der Waals surface area (Å²) in [7, 11) is 4.18. The van der Waals surface area contributed by atoms with Crippen LogP contribution in [0.3, 0.4) is 0 Å². The predicted octanol–water partition coefficient (Wildman–Crippen LogP) is 5.08. The van der Waals surface area contributed by atoms with E-state index in [4.69, 9.17) is 14.2 Å². The summed E-state index contributed by atoms with van der Waals surface area (Å²) in [5.74, 6) is -4.69. The minimum atomic E-state index is -4.74. The number of fused-ring (bicyclic) bond motifs is 1. The minimum absolute atomic E-state index is 0.0935. The molecule has 5 rings (SSSR count). The number of esters is 1. The lowest BCUT2D eigenvalue weighted by Gasteiger charge is -2.38. The Morgan fingerprint density at radius 3 is 2.33 bits per heavy atom. The van der Waals surface area contributed by atoms with Crippen molar-refractivity contribution in [2.45, 2.75) is 31.6 Å². The van der Waals surface area contributed by atoms with Gasteiger partial charge in [0.05, 0.1) is 33.0 Å². The zero-order chi connectivity index (χ0) is 34.9. The highest BCUT2D eigenvalue weighted by Gasteiger charge is 2.46. The molecule has 1 aliphatic rings. The van der Waals surface area contributed by atoms with Crippen molar-refractivity contribution in [1.82, 2.24) is 9.88 Å². The smallest absolute Gasteiger partial charge is 0.411 e. The molecule has 1 amide bonds. The van der Waals surface area contributed by atoms with Gasteiger partial charge in [0.2, 0.25) is 0 Å². The van der Waals surface area contributed by atoms with Crippen LogP contribution < -0.4 is 20.5 Å². The Morgan fingerprint density at radius 2 is 1.71 bits per heavy atom. The van der Waals surface area contributed by atoms with E-state index >= 15 is 8.78 Å². The number of hydrogen-bond acceptors (Lipinski definition) is 7. The number of morpholine rings is 1. The average molecular weight is 674 g/mol. The number of pyridine rings is 1. The lowest BCUT2D eigenvalue weighted by Crippen LogP contribution is -2.53. The van der Waals surface area contributed by atoms with Crippen LogP contribution in [0.1, 0.15) is 21.6 Å². The number of aryl methyl sites for hydroxylation is 1. The van der Waals surface area contributed by atoms with Crippen molar-refractivity contribution in [3.8, 4) is 16.9 Å². The second kappa shape index (κ2) is 13.6. The number of carbonyl (C=O) groups excluding carboxylic acids is 2. The molecule has 0 unspecified atom stereocenters. The molecule has 0 aliphatic carbocycles. The monoisotopic (exact) mass is 673 g/mol. The maximum absolute atomic E-state index is 15.3. The predicted molar refractivity (Wildman–Crippen MR) is 167 cm³/mol. The van der Waals surface area contributed by atoms with Crippen molar-refractivity contribution in [3.63, 3.8) is 0 Å². The third kappa shape index (κ3) is 6.57. The van der Waals surface area contributed by atoms with Gasteiger partial charge in [-0.15, -0.1) is 0 Å². The van der Waals surface area contributed by atoms with Crippen molar-refractivity contribution >= 4 is 28.3 Å². The van der Waals surface area contributed by atoms with E-state index in [9.17, 15) is 27.6 Å². The Balaban J connectivity index is 1.48. The molecule has 1 N–H and O–H groups in total. The lowest BCUT2D eigenvalue weighted by atomic mass is 9.92. The van der Waals surface area contributed by atoms with E-state index in [-0.39, 0.29) is 25.1 Å². The maximum Gasteiger partial charge on any atom is 0.411 e. The number of amides is 1. The highest BCUT2D eigenvalue weighted by Crippen LogP contribution is 2.36. The maximum atomic E-state index is 15.3. The fraction of sp³-hybridized carbons (Fsp3) is 0.324. The number of carbonyl (C=O) groups is 2. The molecule has 3 aromatic carbocycles. The van der Waals surface area contributed by atoms with Gasteiger partial charge in [0.15, 0.2) is 0 Å². The molecule has 1 fully saturated rings. The van der Waals surface area contributed by atoms with Crippen LogP contribution in [0.15, 0.2) is 59.4 Å². The molecule has 0 bridgehead atoms. The third-order valence-corrected chi connectivity index (χ3v) is 8.44. The summed E-state index contributed by atoms with van der Waals surface area (Å²) in [6.07, 6.45) is -4.91. The summed E-state index contributed by atoms with van der Waals surface area (Å²) in [5, 5.41) is 3.57. The van der Waals surface area contributed by atoms with Gasteiger partial charge in [-0.2, -0.15) is 13.2 Å². The van der Waals surface area contributed by atoms with Gasteiger partial charge in [-0.25, -0.2) is 13.6 Å². The van der Waals surface area contributed by atoms with Crippen LogP contribution in [-0.2, 0) is 27.7 Å². The van der Waals surface area contributed by atoms with Crippen molar-refractivity contribution < 1.29 is 45.8 Å². The Labute approximate surface area is 271 Å². The zero-order valence-corrected chi connectivity index (χ0v) is 26.4. The number of ether oxygens (including phenoxy) is 3. The first kappa shape index (κ1) is 34.4. The SMILES string of the molecule is COC(=O)[C@H](Cc1ccc(-c2c(OC)cc(C)n(C)c2=O)c2ccccc12)NC(=O)c1c(F)cc(N2CCOC[C@@H]2C(F)(F)F)cc1F. The Morgan fingerprint density at radius 1 is 1.04 bits per heavy atom. The summed E-state index contributed by atoms with van der Waals surface area (Å²) < 4.78 is 88.0. The van der Waals surface area contributed by atoms with E-state index in [0.717, 1.165) is 12.0 Å². The largest absolute Gasteiger partial charge is 0.496 e. The molecule has 254 valence electrons. The van der Waals surface area contributed by atoms with Gasteiger partial charge in [-0.05, 0) is 41.0 Å². The Bertz CT molecular complexity index is 1920. The number of aromatic nitrogens is 1. The average Bonchev–Trinajstić information content (AvgIpc) is 3.06. The molecule has 48 heavy (non-hydrogen) atoms. The molecular weight excluding hydrogens is 641 g/mol. The van der Waals surface area contributed by atoms with Crippen LogP contribution in [0, 0.1) is 18.6 Å². The number of rotatable bonds is 8. The van der Waals surface area contributed by atoms with Crippen molar-refractivity contribution in [3.05, 3.63) is 93.4 Å². The number of nitrogens with one attached hydrogen (secondary N) is 1. The molecule has 1 aromatic heterocycles. The molecule has 4 aromatic rings. The van der Waals surface area contributed by atoms with E-state index in [1.54, 1.807) is 56.4 Å². The van der Waals surface area contributed by atoms with Gasteiger partial charge >= 0.3 is 12.1 Å². The number of halogens is 5. The summed E-state index contributed by atoms with van der Waals surface area (Å²) in [6.45, 7) is 0.678. The topological polar surface area (TPSA) is 99.1 Å². The third-order valence-electron chi connectivity index (χ3n) is 8.44. The van der Waals surface area contributed by atoms with E-state index in [1.807, 2.05) is 0 Å². The van der Waals surface area contributed by atoms with Gasteiger partial charge in [0, 0.05) is 37.5 Å². The Kier molecular flexibility index (Phi) is 9.76. The van der Waals surface area contributed by atoms with Crippen molar-refractivity contribution in [1.29, 1.82) is 0 Å². The van der Waals surface area contributed by atoms with Crippen molar-refractivity contribution in [2.75, 3.05) is 38.9 Å². The second-order valence-corrected chi connectivity index (χ2v) is 11.3. The summed E-state index contributed by atoms with van der Waals surface area (Å²) >= 11 is 0. The molecule has 0 radical (unpaired) electrons. The number of nitrogens with zero attached hydrogens (tertiary/aromatic N) is 2. The number of benzene rings is 3. The first-order chi connectivity index (χ1) is 22.8. The second-order valence-electron chi connectivity index (χ2n) is 11.3. The molecular formula is C34H32F5N3O6. The molecule has 1 aliphatic heterocycles. The molecule has 0 saturated carbocycles. The van der Waals surface area contributed by atoms with Crippen molar-refractivity contribution in [2.24, 2.45) is 7.05 Å². The highest BCUT2D eigenvalue weighted by atomic mass is 19.4. The Hall–Kier alpha value is -4.98. The lowest BCUT2D eigenvalue weighted by molar-refractivity contribution is -0.167. The van der Waals surface area contributed by atoms with Gasteiger partial charge < -0.3 is 29.0 Å². The van der Waals surface area contributed by atoms with Crippen LogP contribution in [0.2, 0.25) is 0 Å².